The van der Waals surface area contributed by atoms with Crippen molar-refractivity contribution >= 4 is 21.5 Å². The molecule has 0 aliphatic heterocycles. The molecule has 0 saturated heterocycles. The fourth-order valence-electron chi connectivity index (χ4n) is 3.77. The van der Waals surface area contributed by atoms with Crippen LogP contribution >= 0.6 is 0 Å². The monoisotopic (exact) mass is 330 g/mol. The highest BCUT2D eigenvalue weighted by atomic mass is 14.1. The van der Waals surface area contributed by atoms with Crippen LogP contribution < -0.4 is 0 Å². The molecule has 0 fully saturated rings. The molecule has 0 amide bonds. The Kier molecular flexibility index (Phi) is 3.54. The molecule has 5 rings (SSSR count). The second kappa shape index (κ2) is 6.16. The summed E-state index contributed by atoms with van der Waals surface area (Å²) in [6.45, 7) is 0. The summed E-state index contributed by atoms with van der Waals surface area (Å²) in [5.74, 6) is 0. The lowest BCUT2D eigenvalue weighted by Gasteiger charge is -2.13. The molecule has 0 heteroatoms. The second-order valence-corrected chi connectivity index (χ2v) is 6.64. The van der Waals surface area contributed by atoms with Gasteiger partial charge >= 0.3 is 0 Å². The predicted octanol–water partition coefficient (Wildman–Crippen LogP) is 7.33. The van der Waals surface area contributed by atoms with Gasteiger partial charge in [0.05, 0.1) is 0 Å². The van der Waals surface area contributed by atoms with E-state index in [4.69, 9.17) is 0 Å². The first kappa shape index (κ1) is 14.9. The molecule has 0 aromatic heterocycles. The fraction of sp³-hybridized carbons (Fsp3) is 0. The lowest BCUT2D eigenvalue weighted by Crippen LogP contribution is -1.87. The van der Waals surface area contributed by atoms with Crippen LogP contribution in [0.15, 0.2) is 109 Å². The topological polar surface area (TPSA) is 0 Å². The molecule has 0 radical (unpaired) electrons. The van der Waals surface area contributed by atoms with E-state index in [1.165, 1.54) is 43.8 Å². The van der Waals surface area contributed by atoms with Crippen molar-refractivity contribution in [2.45, 2.75) is 0 Å². The first-order valence-electron chi connectivity index (χ1n) is 8.96. The van der Waals surface area contributed by atoms with Gasteiger partial charge in [-0.1, -0.05) is 97.1 Å². The molecule has 0 aliphatic rings. The van der Waals surface area contributed by atoms with E-state index in [0.29, 0.717) is 0 Å². The van der Waals surface area contributed by atoms with E-state index < -0.39 is 0 Å². The predicted molar refractivity (Wildman–Crippen MR) is 112 cm³/mol. The van der Waals surface area contributed by atoms with Gasteiger partial charge in [-0.05, 0) is 55.9 Å². The van der Waals surface area contributed by atoms with Crippen molar-refractivity contribution < 1.29 is 0 Å². The minimum absolute atomic E-state index is 1.26. The molecule has 0 spiro atoms. The number of hydrogen-bond acceptors (Lipinski definition) is 0. The summed E-state index contributed by atoms with van der Waals surface area (Å²) in [4.78, 5) is 0. The molecule has 0 saturated carbocycles. The van der Waals surface area contributed by atoms with Crippen LogP contribution in [-0.2, 0) is 0 Å². The van der Waals surface area contributed by atoms with Gasteiger partial charge in [-0.2, -0.15) is 0 Å². The van der Waals surface area contributed by atoms with Gasteiger partial charge in [-0.15, -0.1) is 0 Å². The SMILES string of the molecule is c1ccc(-c2ccc(-c3ccccc3)c3cc4ccccc4cc23)cc1. The molecule has 0 nitrogen and oxygen atoms in total. The summed E-state index contributed by atoms with van der Waals surface area (Å²) >= 11 is 0. The van der Waals surface area contributed by atoms with Crippen LogP contribution in [0, 0.1) is 0 Å². The van der Waals surface area contributed by atoms with E-state index in [2.05, 4.69) is 109 Å². The molecular formula is C26H18. The summed E-state index contributed by atoms with van der Waals surface area (Å²) in [6, 6.07) is 39.1. The molecule has 5 aromatic carbocycles. The lowest BCUT2D eigenvalue weighted by molar-refractivity contribution is 1.63. The zero-order valence-corrected chi connectivity index (χ0v) is 14.4. The van der Waals surface area contributed by atoms with Crippen LogP contribution in [0.1, 0.15) is 0 Å². The van der Waals surface area contributed by atoms with E-state index in [1.807, 2.05) is 0 Å². The molecule has 0 heterocycles. The largest absolute Gasteiger partial charge is 0.0622 e. The molecule has 122 valence electrons. The van der Waals surface area contributed by atoms with Crippen LogP contribution in [0.5, 0.6) is 0 Å². The zero-order valence-electron chi connectivity index (χ0n) is 14.4. The number of fused-ring (bicyclic) bond motifs is 2. The Balaban J connectivity index is 1.90. The normalized spacial score (nSPS) is 11.1. The van der Waals surface area contributed by atoms with Gasteiger partial charge in [0.15, 0.2) is 0 Å². The van der Waals surface area contributed by atoms with Crippen molar-refractivity contribution in [3.05, 3.63) is 109 Å². The standard InChI is InChI=1S/C26H18/c1-3-9-19(10-4-1)23-15-16-24(20-11-5-2-6-12-20)26-18-22-14-8-7-13-21(22)17-25(23)26/h1-18H. The molecule has 0 bridgehead atoms. The van der Waals surface area contributed by atoms with Gasteiger partial charge in [0.2, 0.25) is 0 Å². The van der Waals surface area contributed by atoms with Gasteiger partial charge < -0.3 is 0 Å². The molecule has 0 unspecified atom stereocenters. The molecule has 26 heavy (non-hydrogen) atoms. The third kappa shape index (κ3) is 2.48. The van der Waals surface area contributed by atoms with Crippen LogP contribution in [0.3, 0.4) is 0 Å². The molecular weight excluding hydrogens is 312 g/mol. The highest BCUT2D eigenvalue weighted by Gasteiger charge is 2.10. The minimum atomic E-state index is 1.26. The zero-order chi connectivity index (χ0) is 17.3. The lowest BCUT2D eigenvalue weighted by atomic mass is 9.90. The Morgan fingerprint density at radius 3 is 1.15 bits per heavy atom. The summed E-state index contributed by atoms with van der Waals surface area (Å²) in [5.41, 5.74) is 5.08. The van der Waals surface area contributed by atoms with E-state index in [1.54, 1.807) is 0 Å². The highest BCUT2D eigenvalue weighted by molar-refractivity contribution is 6.10. The van der Waals surface area contributed by atoms with Gasteiger partial charge in [0.1, 0.15) is 0 Å². The van der Waals surface area contributed by atoms with Crippen LogP contribution in [-0.4, -0.2) is 0 Å². The van der Waals surface area contributed by atoms with Crippen molar-refractivity contribution in [3.8, 4) is 22.3 Å². The maximum Gasteiger partial charge on any atom is -0.00928 e. The average Bonchev–Trinajstić information content (AvgIpc) is 2.73. The number of rotatable bonds is 2. The van der Waals surface area contributed by atoms with Crippen molar-refractivity contribution in [2.75, 3.05) is 0 Å². The van der Waals surface area contributed by atoms with E-state index in [-0.39, 0.29) is 0 Å². The molecule has 0 aliphatic carbocycles. The quantitative estimate of drug-likeness (QED) is 0.297. The Hall–Kier alpha value is -3.38. The van der Waals surface area contributed by atoms with E-state index in [9.17, 15) is 0 Å². The number of hydrogen-bond donors (Lipinski definition) is 0. The minimum Gasteiger partial charge on any atom is -0.0622 e. The first-order valence-corrected chi connectivity index (χ1v) is 8.96. The maximum absolute atomic E-state index is 2.33. The first-order chi connectivity index (χ1) is 12.9. The average molecular weight is 330 g/mol. The third-order valence-electron chi connectivity index (χ3n) is 5.05. The highest BCUT2D eigenvalue weighted by Crippen LogP contribution is 2.37. The van der Waals surface area contributed by atoms with Gasteiger partial charge in [0.25, 0.3) is 0 Å². The van der Waals surface area contributed by atoms with Crippen molar-refractivity contribution in [1.82, 2.24) is 0 Å². The van der Waals surface area contributed by atoms with Gasteiger partial charge in [0, 0.05) is 0 Å². The molecule has 0 N–H and O–H groups in total. The summed E-state index contributed by atoms with van der Waals surface area (Å²) in [7, 11) is 0. The van der Waals surface area contributed by atoms with E-state index in [0.717, 1.165) is 0 Å². The summed E-state index contributed by atoms with van der Waals surface area (Å²) in [6.07, 6.45) is 0. The fourth-order valence-corrected chi connectivity index (χ4v) is 3.77. The van der Waals surface area contributed by atoms with Crippen molar-refractivity contribution in [2.24, 2.45) is 0 Å². The second-order valence-electron chi connectivity index (χ2n) is 6.64. The Morgan fingerprint density at radius 1 is 0.346 bits per heavy atom. The Bertz CT molecular complexity index is 1100. The summed E-state index contributed by atoms with van der Waals surface area (Å²) in [5, 5.41) is 5.16. The smallest absolute Gasteiger partial charge is 0.00928 e. The molecule has 5 aromatic rings. The van der Waals surface area contributed by atoms with Gasteiger partial charge in [-0.3, -0.25) is 0 Å². The third-order valence-corrected chi connectivity index (χ3v) is 5.05. The van der Waals surface area contributed by atoms with E-state index >= 15 is 0 Å². The Morgan fingerprint density at radius 2 is 0.731 bits per heavy atom. The van der Waals surface area contributed by atoms with Crippen molar-refractivity contribution in [3.63, 3.8) is 0 Å². The summed E-state index contributed by atoms with van der Waals surface area (Å²) < 4.78 is 0. The maximum atomic E-state index is 2.33. The van der Waals surface area contributed by atoms with Crippen molar-refractivity contribution in [1.29, 1.82) is 0 Å². The van der Waals surface area contributed by atoms with Crippen LogP contribution in [0.25, 0.3) is 43.8 Å². The number of benzene rings is 5. The van der Waals surface area contributed by atoms with Crippen LogP contribution in [0.2, 0.25) is 0 Å². The van der Waals surface area contributed by atoms with Gasteiger partial charge in [-0.25, -0.2) is 0 Å². The van der Waals surface area contributed by atoms with Crippen LogP contribution in [0.4, 0.5) is 0 Å². The molecule has 0 atom stereocenters. The Labute approximate surface area is 153 Å².